The SMILES string of the molecule is [2H][C@@](Nc1cc(Cl)c2ncc(C#N)c(Nc3cnc(F)c(F)c3)c2c1)(c1ccc(F)cc1)c1cn(C2CS(=O)(=O)C2)nn1. The van der Waals surface area contributed by atoms with Crippen molar-refractivity contribution in [3.05, 3.63) is 100 Å². The van der Waals surface area contributed by atoms with Gasteiger partial charge in [0.05, 0.1) is 64.8 Å². The van der Waals surface area contributed by atoms with E-state index in [1.165, 1.54) is 47.4 Å². The van der Waals surface area contributed by atoms with Crippen molar-refractivity contribution in [1.82, 2.24) is 25.0 Å². The molecular formula is C27H18ClF3N8O2S. The van der Waals surface area contributed by atoms with Crippen molar-refractivity contribution in [3.63, 3.8) is 0 Å². The molecule has 0 bridgehead atoms. The quantitative estimate of drug-likeness (QED) is 0.241. The fraction of sp³-hybridized carbons (Fsp3) is 0.148. The van der Waals surface area contributed by atoms with Crippen LogP contribution in [-0.4, -0.2) is 44.9 Å². The predicted octanol–water partition coefficient (Wildman–Crippen LogP) is 5.08. The van der Waals surface area contributed by atoms with Crippen molar-refractivity contribution in [2.45, 2.75) is 12.1 Å². The summed E-state index contributed by atoms with van der Waals surface area (Å²) < 4.78 is 75.4. The third-order valence-electron chi connectivity index (χ3n) is 6.55. The van der Waals surface area contributed by atoms with Crippen LogP contribution in [0, 0.1) is 28.9 Å². The van der Waals surface area contributed by atoms with Crippen LogP contribution in [0.4, 0.5) is 30.2 Å². The van der Waals surface area contributed by atoms with Crippen LogP contribution in [0.2, 0.25) is 5.02 Å². The molecule has 0 radical (unpaired) electrons. The van der Waals surface area contributed by atoms with Gasteiger partial charge in [-0.25, -0.2) is 26.9 Å². The molecule has 42 heavy (non-hydrogen) atoms. The highest BCUT2D eigenvalue weighted by atomic mass is 35.5. The summed E-state index contributed by atoms with van der Waals surface area (Å²) in [7, 11) is -3.16. The molecule has 4 heterocycles. The smallest absolute Gasteiger partial charge is 0.249 e. The van der Waals surface area contributed by atoms with Crippen molar-refractivity contribution < 1.29 is 23.0 Å². The molecule has 5 aromatic rings. The minimum atomic E-state index is -3.16. The molecule has 0 unspecified atom stereocenters. The minimum Gasteiger partial charge on any atom is -0.373 e. The van der Waals surface area contributed by atoms with E-state index < -0.39 is 39.5 Å². The summed E-state index contributed by atoms with van der Waals surface area (Å²) in [5.41, 5.74) is 1.14. The number of nitrogens with one attached hydrogen (secondary N) is 2. The maximum absolute atomic E-state index is 13.9. The number of pyridine rings is 2. The highest BCUT2D eigenvalue weighted by molar-refractivity contribution is 7.92. The predicted molar refractivity (Wildman–Crippen MR) is 148 cm³/mol. The van der Waals surface area contributed by atoms with Gasteiger partial charge in [0.15, 0.2) is 15.7 Å². The van der Waals surface area contributed by atoms with E-state index in [0.29, 0.717) is 5.39 Å². The first-order valence-corrected chi connectivity index (χ1v) is 14.4. The first-order valence-electron chi connectivity index (χ1n) is 12.7. The van der Waals surface area contributed by atoms with E-state index in [1.54, 1.807) is 6.07 Å². The van der Waals surface area contributed by atoms with E-state index in [-0.39, 0.29) is 55.9 Å². The zero-order valence-electron chi connectivity index (χ0n) is 22.2. The van der Waals surface area contributed by atoms with Gasteiger partial charge in [-0.2, -0.15) is 9.65 Å². The third kappa shape index (κ3) is 5.31. The molecule has 0 saturated carbocycles. The molecule has 2 aromatic carbocycles. The highest BCUT2D eigenvalue weighted by Gasteiger charge is 2.36. The van der Waals surface area contributed by atoms with Crippen LogP contribution >= 0.6 is 11.6 Å². The zero-order chi connectivity index (χ0) is 30.5. The second-order valence-electron chi connectivity index (χ2n) is 9.46. The van der Waals surface area contributed by atoms with Gasteiger partial charge in [-0.3, -0.25) is 4.98 Å². The molecule has 1 aliphatic rings. The van der Waals surface area contributed by atoms with Crippen molar-refractivity contribution in [2.24, 2.45) is 0 Å². The lowest BCUT2D eigenvalue weighted by Gasteiger charge is -2.25. The van der Waals surface area contributed by atoms with E-state index in [1.807, 2.05) is 6.07 Å². The van der Waals surface area contributed by atoms with Crippen LogP contribution in [0.3, 0.4) is 0 Å². The number of hydrogen-bond acceptors (Lipinski definition) is 9. The second-order valence-corrected chi connectivity index (χ2v) is 12.0. The van der Waals surface area contributed by atoms with Crippen molar-refractivity contribution in [1.29, 1.82) is 5.26 Å². The van der Waals surface area contributed by atoms with Crippen LogP contribution in [0.1, 0.15) is 30.3 Å². The fourth-order valence-corrected chi connectivity index (χ4v) is 6.14. The third-order valence-corrected chi connectivity index (χ3v) is 8.62. The minimum absolute atomic E-state index is 0.0492. The summed E-state index contributed by atoms with van der Waals surface area (Å²) in [5, 5.41) is 24.3. The first kappa shape index (κ1) is 26.2. The molecule has 2 N–H and O–H groups in total. The van der Waals surface area contributed by atoms with Gasteiger partial charge in [0.2, 0.25) is 5.95 Å². The van der Waals surface area contributed by atoms with Gasteiger partial charge < -0.3 is 10.6 Å². The van der Waals surface area contributed by atoms with Crippen LogP contribution in [0.25, 0.3) is 10.9 Å². The Morgan fingerprint density at radius 1 is 1.10 bits per heavy atom. The van der Waals surface area contributed by atoms with Gasteiger partial charge in [-0.15, -0.1) is 5.10 Å². The number of nitrogens with zero attached hydrogens (tertiary/aromatic N) is 6. The highest BCUT2D eigenvalue weighted by Crippen LogP contribution is 2.37. The number of fused-ring (bicyclic) bond motifs is 1. The Morgan fingerprint density at radius 2 is 1.86 bits per heavy atom. The second kappa shape index (κ2) is 10.6. The topological polar surface area (TPSA) is 138 Å². The Hall–Kier alpha value is -4.74. The number of hydrogen-bond donors (Lipinski definition) is 2. The molecule has 0 aliphatic carbocycles. The molecule has 3 aromatic heterocycles. The summed E-state index contributed by atoms with van der Waals surface area (Å²) in [5.74, 6) is -3.23. The largest absolute Gasteiger partial charge is 0.373 e. The average molecular weight is 612 g/mol. The van der Waals surface area contributed by atoms with Gasteiger partial charge in [0, 0.05) is 23.3 Å². The molecule has 1 aliphatic heterocycles. The van der Waals surface area contributed by atoms with E-state index in [2.05, 4.69) is 30.9 Å². The lowest BCUT2D eigenvalue weighted by atomic mass is 10.0. The van der Waals surface area contributed by atoms with Gasteiger partial charge in [-0.1, -0.05) is 28.9 Å². The maximum Gasteiger partial charge on any atom is 0.249 e. The number of nitriles is 1. The Bertz CT molecular complexity index is 2040. The molecule has 0 amide bonds. The Morgan fingerprint density at radius 3 is 2.55 bits per heavy atom. The van der Waals surface area contributed by atoms with E-state index in [0.717, 1.165) is 12.3 Å². The normalized spacial score (nSPS) is 16.2. The molecular weight excluding hydrogens is 593 g/mol. The van der Waals surface area contributed by atoms with Crippen LogP contribution in [0.5, 0.6) is 0 Å². The number of halogens is 4. The summed E-state index contributed by atoms with van der Waals surface area (Å²) >= 11 is 6.58. The fourth-order valence-electron chi connectivity index (χ4n) is 4.49. The molecule has 1 saturated heterocycles. The zero-order valence-corrected chi connectivity index (χ0v) is 22.8. The van der Waals surface area contributed by atoms with E-state index in [4.69, 9.17) is 11.6 Å². The molecule has 0 spiro atoms. The Labute approximate surface area is 243 Å². The molecule has 15 heteroatoms. The van der Waals surface area contributed by atoms with Crippen molar-refractivity contribution >= 4 is 49.4 Å². The first-order chi connectivity index (χ1) is 20.5. The maximum atomic E-state index is 13.9. The van der Waals surface area contributed by atoms with Crippen molar-refractivity contribution in [2.75, 3.05) is 22.1 Å². The lowest BCUT2D eigenvalue weighted by Crippen LogP contribution is -2.38. The van der Waals surface area contributed by atoms with Crippen LogP contribution in [0.15, 0.2) is 61.1 Å². The van der Waals surface area contributed by atoms with Gasteiger partial charge in [-0.05, 0) is 29.8 Å². The summed E-state index contributed by atoms with van der Waals surface area (Å²) in [6.07, 6.45) is 3.77. The van der Waals surface area contributed by atoms with Gasteiger partial charge in [0.25, 0.3) is 0 Å². The Balaban J connectivity index is 1.45. The standard InChI is InChI=1S/C27H18ClF3N8O2S/c28-21-6-17(5-20-24(15(8-32)9-33-26(20)21)36-18-7-22(30)27(31)34-10-18)35-25(14-1-3-16(29)4-2-14)23-11-39(38-37-23)19-12-42(40,41)13-19/h1-7,9-11,19,25,35H,12-13H2,(H,33,36)/t25-/m1/s1/i25D. The number of anilines is 3. The molecule has 1 atom stereocenters. The lowest BCUT2D eigenvalue weighted by molar-refractivity contribution is 0.463. The molecule has 6 rings (SSSR count). The Kier molecular flexibility index (Phi) is 6.60. The monoisotopic (exact) mass is 611 g/mol. The van der Waals surface area contributed by atoms with Gasteiger partial charge >= 0.3 is 0 Å². The number of sulfone groups is 1. The summed E-state index contributed by atoms with van der Waals surface area (Å²) in [4.78, 5) is 7.62. The summed E-state index contributed by atoms with van der Waals surface area (Å²) in [6.45, 7) is 0. The van der Waals surface area contributed by atoms with Crippen molar-refractivity contribution in [3.8, 4) is 6.07 Å². The summed E-state index contributed by atoms with van der Waals surface area (Å²) in [6, 6.07) is 8.72. The van der Waals surface area contributed by atoms with Crippen LogP contribution < -0.4 is 10.6 Å². The molecule has 10 nitrogen and oxygen atoms in total. The van der Waals surface area contributed by atoms with Crippen LogP contribution in [-0.2, 0) is 9.84 Å². The number of benzene rings is 2. The molecule has 212 valence electrons. The molecule has 1 fully saturated rings. The van der Waals surface area contributed by atoms with E-state index in [9.17, 15) is 28.2 Å². The number of rotatable bonds is 7. The van der Waals surface area contributed by atoms with E-state index >= 15 is 0 Å². The van der Waals surface area contributed by atoms with Gasteiger partial charge in [0.1, 0.15) is 17.6 Å². The average Bonchev–Trinajstić information content (AvgIpc) is 3.45. The number of aromatic nitrogens is 5.